The highest BCUT2D eigenvalue weighted by Gasteiger charge is 2.42. The molecule has 1 aromatic rings. The van der Waals surface area contributed by atoms with Crippen molar-refractivity contribution in [2.24, 2.45) is 0 Å². The van der Waals surface area contributed by atoms with E-state index in [9.17, 15) is 20.3 Å². The molecule has 0 aliphatic carbocycles. The lowest BCUT2D eigenvalue weighted by Crippen LogP contribution is -2.36. The van der Waals surface area contributed by atoms with Crippen LogP contribution in [0.2, 0.25) is 0 Å². The second-order valence-electron chi connectivity index (χ2n) is 4.18. The molecule has 1 aliphatic heterocycles. The first kappa shape index (κ1) is 13.7. The number of aliphatic hydroxyl groups is 3. The predicted molar refractivity (Wildman–Crippen MR) is 64.5 cm³/mol. The smallest absolute Gasteiger partial charge is 0.292 e. The van der Waals surface area contributed by atoms with E-state index in [1.165, 1.54) is 18.2 Å². The molecule has 0 radical (unpaired) electrons. The second kappa shape index (κ2) is 5.49. The van der Waals surface area contributed by atoms with Crippen molar-refractivity contribution in [3.63, 3.8) is 0 Å². The van der Waals surface area contributed by atoms with E-state index in [0.717, 1.165) is 0 Å². The number of hydrogen-bond acceptors (Lipinski definition) is 7. The molecule has 0 aromatic heterocycles. The van der Waals surface area contributed by atoms with E-state index in [-0.39, 0.29) is 11.4 Å². The number of nitro benzene ring substituents is 1. The van der Waals surface area contributed by atoms with Crippen molar-refractivity contribution >= 4 is 11.4 Å². The van der Waals surface area contributed by atoms with E-state index in [1.54, 1.807) is 6.07 Å². The maximum absolute atomic E-state index is 10.8. The first-order valence-corrected chi connectivity index (χ1v) is 5.67. The summed E-state index contributed by atoms with van der Waals surface area (Å²) in [5.74, 6) is 0. The normalized spacial score (nSPS) is 30.3. The van der Waals surface area contributed by atoms with Crippen LogP contribution >= 0.6 is 0 Å². The molecule has 1 heterocycles. The summed E-state index contributed by atoms with van der Waals surface area (Å²) in [5.41, 5.74) is 0.00239. The largest absolute Gasteiger partial charge is 0.394 e. The summed E-state index contributed by atoms with van der Waals surface area (Å²) in [6, 6.07) is 5.88. The highest BCUT2D eigenvalue weighted by Crippen LogP contribution is 2.28. The van der Waals surface area contributed by atoms with E-state index in [2.05, 4.69) is 5.32 Å². The fraction of sp³-hybridized carbons (Fsp3) is 0.455. The van der Waals surface area contributed by atoms with Gasteiger partial charge in [-0.15, -0.1) is 0 Å². The summed E-state index contributed by atoms with van der Waals surface area (Å²) in [4.78, 5) is 10.3. The van der Waals surface area contributed by atoms with Crippen LogP contribution in [0.5, 0.6) is 0 Å². The molecular formula is C11H14N2O6. The van der Waals surface area contributed by atoms with Gasteiger partial charge in [-0.3, -0.25) is 10.1 Å². The first-order chi connectivity index (χ1) is 9.04. The van der Waals surface area contributed by atoms with Gasteiger partial charge in [-0.2, -0.15) is 0 Å². The molecule has 104 valence electrons. The van der Waals surface area contributed by atoms with Gasteiger partial charge in [-0.25, -0.2) is 0 Å². The number of anilines is 1. The lowest BCUT2D eigenvalue weighted by atomic mass is 10.1. The Bertz CT molecular complexity index is 468. The van der Waals surface area contributed by atoms with E-state index < -0.39 is 36.1 Å². The lowest BCUT2D eigenvalue weighted by Gasteiger charge is -2.17. The molecule has 1 aromatic carbocycles. The van der Waals surface area contributed by atoms with Crippen molar-refractivity contribution in [3.05, 3.63) is 34.4 Å². The zero-order valence-electron chi connectivity index (χ0n) is 9.84. The van der Waals surface area contributed by atoms with Gasteiger partial charge in [0.1, 0.15) is 24.0 Å². The molecule has 8 nitrogen and oxygen atoms in total. The highest BCUT2D eigenvalue weighted by atomic mass is 16.6. The monoisotopic (exact) mass is 270 g/mol. The number of para-hydroxylation sites is 2. The number of nitrogens with zero attached hydrogens (tertiary/aromatic N) is 1. The number of benzene rings is 1. The van der Waals surface area contributed by atoms with E-state index in [0.29, 0.717) is 0 Å². The average Bonchev–Trinajstić information content (AvgIpc) is 2.67. The van der Waals surface area contributed by atoms with Gasteiger partial charge >= 0.3 is 0 Å². The number of hydrogen-bond donors (Lipinski definition) is 4. The molecule has 0 amide bonds. The Morgan fingerprint density at radius 3 is 2.58 bits per heavy atom. The number of rotatable bonds is 4. The predicted octanol–water partition coefficient (Wildman–Crippen LogP) is -0.554. The van der Waals surface area contributed by atoms with Crippen LogP contribution in [0, 0.1) is 10.1 Å². The molecule has 1 aliphatic rings. The molecule has 2 rings (SSSR count). The Hall–Kier alpha value is -1.74. The highest BCUT2D eigenvalue weighted by molar-refractivity contribution is 5.61. The summed E-state index contributed by atoms with van der Waals surface area (Å²) >= 11 is 0. The number of nitrogens with one attached hydrogen (secondary N) is 1. The standard InChI is InChI=1S/C11H14N2O6/c14-5-8-9(15)10(16)11(19-8)12-6-3-1-2-4-7(6)13(17)18/h1-4,8-12,14-16H,5H2/t8-,9+,10-,11-/m0/s1. The minimum Gasteiger partial charge on any atom is -0.394 e. The van der Waals surface area contributed by atoms with Crippen LogP contribution in [0.1, 0.15) is 0 Å². The van der Waals surface area contributed by atoms with Gasteiger partial charge in [-0.1, -0.05) is 12.1 Å². The van der Waals surface area contributed by atoms with Crippen molar-refractivity contribution in [1.82, 2.24) is 0 Å². The molecule has 8 heteroatoms. The van der Waals surface area contributed by atoms with Crippen molar-refractivity contribution in [1.29, 1.82) is 0 Å². The van der Waals surface area contributed by atoms with Crippen LogP contribution < -0.4 is 5.32 Å². The molecule has 0 saturated carbocycles. The molecule has 1 fully saturated rings. The van der Waals surface area contributed by atoms with E-state index in [1.807, 2.05) is 0 Å². The molecule has 0 bridgehead atoms. The van der Waals surface area contributed by atoms with E-state index in [4.69, 9.17) is 9.84 Å². The maximum Gasteiger partial charge on any atom is 0.292 e. The molecule has 4 N–H and O–H groups in total. The molecule has 0 unspecified atom stereocenters. The Morgan fingerprint density at radius 2 is 2.00 bits per heavy atom. The fourth-order valence-corrected chi connectivity index (χ4v) is 1.93. The number of aliphatic hydroxyl groups excluding tert-OH is 3. The number of nitro groups is 1. The Morgan fingerprint density at radius 1 is 1.32 bits per heavy atom. The summed E-state index contributed by atoms with van der Waals surface area (Å²) in [6.07, 6.45) is -4.47. The minimum atomic E-state index is -1.28. The quantitative estimate of drug-likeness (QED) is 0.427. The van der Waals surface area contributed by atoms with Crippen LogP contribution in [-0.4, -0.2) is 51.4 Å². The minimum absolute atomic E-state index is 0.166. The van der Waals surface area contributed by atoms with Crippen molar-refractivity contribution < 1.29 is 25.0 Å². The third-order valence-corrected chi connectivity index (χ3v) is 2.94. The first-order valence-electron chi connectivity index (χ1n) is 5.67. The van der Waals surface area contributed by atoms with Gasteiger partial charge in [0.2, 0.25) is 0 Å². The summed E-state index contributed by atoms with van der Waals surface area (Å²) in [6.45, 7) is -0.451. The SMILES string of the molecule is O=[N+]([O-])c1ccccc1N[C@H]1O[C@@H](CO)[C@@H](O)[C@@H]1O. The summed E-state index contributed by atoms with van der Waals surface area (Å²) in [7, 11) is 0. The van der Waals surface area contributed by atoms with Gasteiger partial charge in [0, 0.05) is 6.07 Å². The molecule has 0 spiro atoms. The van der Waals surface area contributed by atoms with Crippen molar-refractivity contribution in [3.8, 4) is 0 Å². The number of ether oxygens (including phenoxy) is 1. The lowest BCUT2D eigenvalue weighted by molar-refractivity contribution is -0.384. The topological polar surface area (TPSA) is 125 Å². The van der Waals surface area contributed by atoms with Crippen LogP contribution in [0.25, 0.3) is 0 Å². The van der Waals surface area contributed by atoms with Crippen LogP contribution in [0.3, 0.4) is 0 Å². The average molecular weight is 270 g/mol. The van der Waals surface area contributed by atoms with Gasteiger partial charge in [-0.05, 0) is 6.07 Å². The third kappa shape index (κ3) is 2.66. The summed E-state index contributed by atoms with van der Waals surface area (Å²) in [5, 5.41) is 41.7. The van der Waals surface area contributed by atoms with Gasteiger partial charge in [0.15, 0.2) is 6.23 Å². The van der Waals surface area contributed by atoms with Crippen LogP contribution in [0.4, 0.5) is 11.4 Å². The molecular weight excluding hydrogens is 256 g/mol. The maximum atomic E-state index is 10.8. The zero-order chi connectivity index (χ0) is 14.0. The van der Waals surface area contributed by atoms with Gasteiger partial charge in [0.25, 0.3) is 5.69 Å². The zero-order valence-corrected chi connectivity index (χ0v) is 9.84. The van der Waals surface area contributed by atoms with Crippen LogP contribution in [0.15, 0.2) is 24.3 Å². The van der Waals surface area contributed by atoms with Gasteiger partial charge < -0.3 is 25.4 Å². The molecule has 4 atom stereocenters. The molecule has 1 saturated heterocycles. The fourth-order valence-electron chi connectivity index (χ4n) is 1.93. The van der Waals surface area contributed by atoms with Crippen molar-refractivity contribution in [2.45, 2.75) is 24.5 Å². The third-order valence-electron chi connectivity index (χ3n) is 2.94. The Kier molecular flexibility index (Phi) is 3.96. The van der Waals surface area contributed by atoms with Gasteiger partial charge in [0.05, 0.1) is 11.5 Å². The Labute approximate surface area is 108 Å². The Balaban J connectivity index is 2.16. The van der Waals surface area contributed by atoms with Crippen LogP contribution in [-0.2, 0) is 4.74 Å². The molecule has 19 heavy (non-hydrogen) atoms. The second-order valence-corrected chi connectivity index (χ2v) is 4.18. The van der Waals surface area contributed by atoms with E-state index >= 15 is 0 Å². The summed E-state index contributed by atoms with van der Waals surface area (Å²) < 4.78 is 5.19. The van der Waals surface area contributed by atoms with Crippen molar-refractivity contribution in [2.75, 3.05) is 11.9 Å².